The van der Waals surface area contributed by atoms with Gasteiger partial charge in [-0.2, -0.15) is 0 Å². The molecular weight excluding hydrogens is 680 g/mol. The Kier molecular flexibility index (Phi) is 12.6. The van der Waals surface area contributed by atoms with Crippen molar-refractivity contribution in [1.29, 1.82) is 0 Å². The van der Waals surface area contributed by atoms with E-state index in [9.17, 15) is 28.1 Å². The van der Waals surface area contributed by atoms with Gasteiger partial charge in [-0.25, -0.2) is 8.42 Å². The molecule has 0 spiro atoms. The summed E-state index contributed by atoms with van der Waals surface area (Å²) in [6.07, 6.45) is 0.803. The summed E-state index contributed by atoms with van der Waals surface area (Å²) in [5.74, 6) is -1.000. The van der Waals surface area contributed by atoms with Crippen molar-refractivity contribution in [3.63, 3.8) is 0 Å². The highest BCUT2D eigenvalue weighted by molar-refractivity contribution is 7.92. The Morgan fingerprint density at radius 2 is 1.66 bits per heavy atom. The van der Waals surface area contributed by atoms with E-state index in [2.05, 4.69) is 5.32 Å². The summed E-state index contributed by atoms with van der Waals surface area (Å²) in [4.78, 5) is 40.9. The van der Waals surface area contributed by atoms with Gasteiger partial charge in [-0.1, -0.05) is 84.8 Å². The largest absolute Gasteiger partial charge is 0.495 e. The van der Waals surface area contributed by atoms with E-state index >= 15 is 0 Å². The molecule has 2 atom stereocenters. The Labute approximate surface area is 298 Å². The van der Waals surface area contributed by atoms with E-state index in [-0.39, 0.29) is 41.0 Å². The van der Waals surface area contributed by atoms with E-state index < -0.39 is 49.9 Å². The quantitative estimate of drug-likeness (QED) is 0.108. The first kappa shape index (κ1) is 37.9. The van der Waals surface area contributed by atoms with Crippen molar-refractivity contribution in [2.75, 3.05) is 18.0 Å². The van der Waals surface area contributed by atoms with E-state index in [0.29, 0.717) is 6.42 Å². The van der Waals surface area contributed by atoms with Gasteiger partial charge in [0.25, 0.3) is 15.7 Å². The number of rotatable bonds is 15. The fraction of sp³-hybridized carbons (Fsp3) is 0.297. The molecule has 13 heteroatoms. The molecule has 0 saturated carbocycles. The molecule has 0 aliphatic carbocycles. The first-order valence-corrected chi connectivity index (χ1v) is 17.9. The minimum Gasteiger partial charge on any atom is -0.495 e. The summed E-state index contributed by atoms with van der Waals surface area (Å²) in [5, 5.41) is 15.0. The van der Waals surface area contributed by atoms with Crippen LogP contribution in [0.1, 0.15) is 42.5 Å². The molecule has 4 rings (SSSR count). The third kappa shape index (κ3) is 9.19. The molecule has 1 N–H and O–H groups in total. The first-order chi connectivity index (χ1) is 23.7. The van der Waals surface area contributed by atoms with E-state index in [4.69, 9.17) is 16.3 Å². The van der Waals surface area contributed by atoms with Gasteiger partial charge in [0.15, 0.2) is 0 Å². The first-order valence-electron chi connectivity index (χ1n) is 16.1. The van der Waals surface area contributed by atoms with Crippen molar-refractivity contribution < 1.29 is 27.7 Å². The number of sulfonamides is 1. The van der Waals surface area contributed by atoms with Gasteiger partial charge in [-0.3, -0.25) is 24.0 Å². The van der Waals surface area contributed by atoms with Crippen LogP contribution in [-0.4, -0.2) is 55.8 Å². The number of aryl methyl sites for hydroxylation is 2. The number of hydrogen-bond acceptors (Lipinski definition) is 7. The predicted molar refractivity (Wildman–Crippen MR) is 194 cm³/mol. The molecule has 4 aromatic rings. The van der Waals surface area contributed by atoms with Gasteiger partial charge in [-0.05, 0) is 62.6 Å². The smallest absolute Gasteiger partial charge is 0.273 e. The standard InChI is InChI=1S/C37H41ClN4O7S/c1-6-27(4)39-37(44)34(20-28-12-8-7-9-13-28)40(23-29-14-10-11-25(2)19-29)36(43)24-41(33-21-30(38)16-18-35(33)49-5)50(47,48)31-17-15-26(3)32(22-31)42(45)46/h7-19,21-22,27,34H,6,20,23-24H2,1-5H3,(H,39,44)/t27-,34+/m1/s1. The highest BCUT2D eigenvalue weighted by atomic mass is 35.5. The van der Waals surface area contributed by atoms with Gasteiger partial charge in [0.05, 0.1) is 22.6 Å². The minimum atomic E-state index is -4.67. The average molecular weight is 721 g/mol. The number of nitrogens with zero attached hydrogens (tertiary/aromatic N) is 3. The second kappa shape index (κ2) is 16.6. The lowest BCUT2D eigenvalue weighted by Gasteiger charge is -2.34. The molecule has 0 heterocycles. The third-order valence-electron chi connectivity index (χ3n) is 8.36. The normalized spacial score (nSPS) is 12.4. The lowest BCUT2D eigenvalue weighted by atomic mass is 10.0. The fourth-order valence-corrected chi connectivity index (χ4v) is 7.05. The Hall–Kier alpha value is -4.94. The van der Waals surface area contributed by atoms with Crippen LogP contribution in [0.3, 0.4) is 0 Å². The molecule has 264 valence electrons. The summed E-state index contributed by atoms with van der Waals surface area (Å²) >= 11 is 6.35. The van der Waals surface area contributed by atoms with Gasteiger partial charge in [0.1, 0.15) is 18.3 Å². The predicted octanol–water partition coefficient (Wildman–Crippen LogP) is 6.62. The third-order valence-corrected chi connectivity index (χ3v) is 10.4. The van der Waals surface area contributed by atoms with Crippen LogP contribution < -0.4 is 14.4 Å². The number of ether oxygens (including phenoxy) is 1. The van der Waals surface area contributed by atoms with Crippen LogP contribution in [0.15, 0.2) is 95.9 Å². The van der Waals surface area contributed by atoms with Gasteiger partial charge >= 0.3 is 0 Å². The number of nitrogens with one attached hydrogen (secondary N) is 1. The Morgan fingerprint density at radius 1 is 0.960 bits per heavy atom. The highest BCUT2D eigenvalue weighted by Gasteiger charge is 2.36. The van der Waals surface area contributed by atoms with Crippen LogP contribution in [0.4, 0.5) is 11.4 Å². The van der Waals surface area contributed by atoms with Crippen LogP contribution in [0, 0.1) is 24.0 Å². The molecular formula is C37H41ClN4O7S. The van der Waals surface area contributed by atoms with E-state index in [1.165, 1.54) is 49.3 Å². The van der Waals surface area contributed by atoms with Gasteiger partial charge in [0.2, 0.25) is 11.8 Å². The van der Waals surface area contributed by atoms with Crippen molar-refractivity contribution >= 4 is 44.8 Å². The van der Waals surface area contributed by atoms with Crippen LogP contribution in [0.5, 0.6) is 5.75 Å². The molecule has 0 bridgehead atoms. The molecule has 0 radical (unpaired) electrons. The zero-order valence-electron chi connectivity index (χ0n) is 28.6. The van der Waals surface area contributed by atoms with Gasteiger partial charge < -0.3 is 15.0 Å². The van der Waals surface area contributed by atoms with Gasteiger partial charge in [-0.15, -0.1) is 0 Å². The second-order valence-electron chi connectivity index (χ2n) is 12.1. The van der Waals surface area contributed by atoms with Crippen molar-refractivity contribution in [3.05, 3.63) is 128 Å². The molecule has 0 saturated heterocycles. The molecule has 0 aliphatic rings. The maximum Gasteiger partial charge on any atom is 0.273 e. The van der Waals surface area contributed by atoms with E-state index in [0.717, 1.165) is 27.1 Å². The summed E-state index contributed by atoms with van der Waals surface area (Å²) in [5.41, 5.74) is 2.27. The zero-order valence-corrected chi connectivity index (χ0v) is 30.2. The topological polar surface area (TPSA) is 139 Å². The summed E-state index contributed by atoms with van der Waals surface area (Å²) < 4.78 is 35.3. The molecule has 4 aromatic carbocycles. The summed E-state index contributed by atoms with van der Waals surface area (Å²) in [6.45, 7) is 6.41. The van der Waals surface area contributed by atoms with Crippen LogP contribution in [0.25, 0.3) is 0 Å². The molecule has 0 aromatic heterocycles. The average Bonchev–Trinajstić information content (AvgIpc) is 3.08. The van der Waals surface area contributed by atoms with Crippen molar-refractivity contribution in [3.8, 4) is 5.75 Å². The Balaban J connectivity index is 1.90. The van der Waals surface area contributed by atoms with Crippen molar-refractivity contribution in [1.82, 2.24) is 10.2 Å². The molecule has 0 unspecified atom stereocenters. The number of hydrogen-bond donors (Lipinski definition) is 1. The fourth-order valence-electron chi connectivity index (χ4n) is 5.45. The van der Waals surface area contributed by atoms with Crippen LogP contribution in [0.2, 0.25) is 5.02 Å². The Morgan fingerprint density at radius 3 is 2.30 bits per heavy atom. The zero-order chi connectivity index (χ0) is 36.6. The lowest BCUT2D eigenvalue weighted by molar-refractivity contribution is -0.385. The van der Waals surface area contributed by atoms with Gasteiger partial charge in [0, 0.05) is 35.7 Å². The number of amides is 2. The number of halogens is 1. The SMILES string of the molecule is CC[C@@H](C)NC(=O)[C@H](Cc1ccccc1)N(Cc1cccc(C)c1)C(=O)CN(c1cc(Cl)ccc1OC)S(=O)(=O)c1ccc(C)c([N+](=O)[O-])c1. The summed E-state index contributed by atoms with van der Waals surface area (Å²) in [6, 6.07) is 23.3. The minimum absolute atomic E-state index is 0.0114. The van der Waals surface area contributed by atoms with Crippen LogP contribution in [-0.2, 0) is 32.6 Å². The number of anilines is 1. The van der Waals surface area contributed by atoms with Crippen molar-refractivity contribution in [2.45, 2.75) is 64.1 Å². The molecule has 50 heavy (non-hydrogen) atoms. The van der Waals surface area contributed by atoms with E-state index in [1.807, 2.05) is 75.4 Å². The molecule has 11 nitrogen and oxygen atoms in total. The number of carbonyl (C=O) groups is 2. The number of methoxy groups -OCH3 is 1. The second-order valence-corrected chi connectivity index (χ2v) is 14.4. The molecule has 0 fully saturated rings. The Bertz CT molecular complexity index is 1960. The lowest BCUT2D eigenvalue weighted by Crippen LogP contribution is -2.54. The maximum atomic E-state index is 14.8. The maximum absolute atomic E-state index is 14.8. The summed E-state index contributed by atoms with van der Waals surface area (Å²) in [7, 11) is -3.33. The monoisotopic (exact) mass is 720 g/mol. The number of nitro groups is 1. The number of carbonyl (C=O) groups excluding carboxylic acids is 2. The van der Waals surface area contributed by atoms with Crippen molar-refractivity contribution in [2.24, 2.45) is 0 Å². The van der Waals surface area contributed by atoms with Crippen LogP contribution >= 0.6 is 11.6 Å². The molecule has 0 aliphatic heterocycles. The highest BCUT2D eigenvalue weighted by Crippen LogP contribution is 2.36. The number of benzene rings is 4. The van der Waals surface area contributed by atoms with E-state index in [1.54, 1.807) is 0 Å². The number of nitro benzene ring substituents is 1. The molecule has 2 amide bonds.